The van der Waals surface area contributed by atoms with Gasteiger partial charge in [0.15, 0.2) is 6.20 Å². The summed E-state index contributed by atoms with van der Waals surface area (Å²) in [5, 5.41) is 0. The Balaban J connectivity index is 0.00000196. The summed E-state index contributed by atoms with van der Waals surface area (Å²) in [5.74, 6) is -1.05. The smallest absolute Gasteiger partial charge is 0.313 e. The Labute approximate surface area is 97.8 Å². The van der Waals surface area contributed by atoms with Crippen molar-refractivity contribution in [2.45, 2.75) is 13.5 Å². The maximum atomic E-state index is 10.9. The molecule has 6 heteroatoms. The Bertz CT molecular complexity index is 393. The van der Waals surface area contributed by atoms with Gasteiger partial charge in [0.2, 0.25) is 0 Å². The van der Waals surface area contributed by atoms with Gasteiger partial charge < -0.3 is 28.4 Å². The molecule has 0 saturated heterocycles. The van der Waals surface area contributed by atoms with E-state index in [-0.39, 0.29) is 17.0 Å². The molecule has 15 heavy (non-hydrogen) atoms. The van der Waals surface area contributed by atoms with Crippen molar-refractivity contribution in [2.75, 3.05) is 0 Å². The van der Waals surface area contributed by atoms with Gasteiger partial charge in [0.25, 0.3) is 11.6 Å². The van der Waals surface area contributed by atoms with Crippen molar-refractivity contribution in [3.8, 4) is 0 Å². The lowest BCUT2D eigenvalue weighted by Gasteiger charge is -1.99. The minimum Gasteiger partial charge on any atom is -1.00 e. The molecule has 82 valence electrons. The fraction of sp³-hybridized carbons (Fsp3) is 0.222. The molecule has 0 saturated carbocycles. The van der Waals surface area contributed by atoms with Gasteiger partial charge in [-0.1, -0.05) is 0 Å². The van der Waals surface area contributed by atoms with Crippen LogP contribution in [-0.2, 0) is 6.54 Å². The van der Waals surface area contributed by atoms with Crippen molar-refractivity contribution in [2.24, 2.45) is 11.5 Å². The standard InChI is InChI=1S/C9H11N3O2.BrH/c1-2-12-5-6(8(10)13)3-4-7(12)9(11)14;/h3-5H,2H2,1H3,(H3-,10,11,13,14);1H. The van der Waals surface area contributed by atoms with E-state index in [1.807, 2.05) is 6.92 Å². The quantitative estimate of drug-likeness (QED) is 0.553. The Kier molecular flexibility index (Phi) is 4.93. The molecule has 2 amide bonds. The monoisotopic (exact) mass is 273 g/mol. The minimum absolute atomic E-state index is 0. The summed E-state index contributed by atoms with van der Waals surface area (Å²) in [6.07, 6.45) is 1.52. The first kappa shape index (κ1) is 13.6. The van der Waals surface area contributed by atoms with Crippen LogP contribution in [0.4, 0.5) is 0 Å². The van der Waals surface area contributed by atoms with E-state index in [1.54, 1.807) is 4.57 Å². The van der Waals surface area contributed by atoms with Crippen LogP contribution in [0.2, 0.25) is 0 Å². The summed E-state index contributed by atoms with van der Waals surface area (Å²) in [7, 11) is 0. The van der Waals surface area contributed by atoms with E-state index >= 15 is 0 Å². The van der Waals surface area contributed by atoms with E-state index in [0.29, 0.717) is 17.8 Å². The maximum absolute atomic E-state index is 10.9. The lowest BCUT2D eigenvalue weighted by Crippen LogP contribution is -3.00. The number of pyridine rings is 1. The number of amides is 2. The minimum atomic E-state index is -0.525. The molecule has 0 aliphatic carbocycles. The largest absolute Gasteiger partial charge is 1.00 e. The van der Waals surface area contributed by atoms with Crippen molar-refractivity contribution < 1.29 is 31.1 Å². The van der Waals surface area contributed by atoms with E-state index in [4.69, 9.17) is 11.5 Å². The second kappa shape index (κ2) is 5.45. The van der Waals surface area contributed by atoms with Crippen LogP contribution in [0.5, 0.6) is 0 Å². The number of nitrogens with two attached hydrogens (primary N) is 2. The molecule has 0 bridgehead atoms. The van der Waals surface area contributed by atoms with E-state index < -0.39 is 11.8 Å². The normalized spacial score (nSPS) is 9.13. The fourth-order valence-corrected chi connectivity index (χ4v) is 1.18. The number of nitrogens with zero attached hydrogens (tertiary/aromatic N) is 1. The number of rotatable bonds is 3. The SMILES string of the molecule is CC[n+]1cc(C(N)=O)ccc1C(N)=O.[Br-]. The van der Waals surface area contributed by atoms with Crippen LogP contribution in [-0.4, -0.2) is 11.8 Å². The highest BCUT2D eigenvalue weighted by molar-refractivity contribution is 5.93. The van der Waals surface area contributed by atoms with Crippen LogP contribution < -0.4 is 33.0 Å². The van der Waals surface area contributed by atoms with Gasteiger partial charge in [-0.3, -0.25) is 9.59 Å². The topological polar surface area (TPSA) is 90.1 Å². The molecular weight excluding hydrogens is 262 g/mol. The number of aryl methyl sites for hydroxylation is 1. The predicted molar refractivity (Wildman–Crippen MR) is 49.3 cm³/mol. The van der Waals surface area contributed by atoms with Crippen LogP contribution in [0.3, 0.4) is 0 Å². The highest BCUT2D eigenvalue weighted by Gasteiger charge is 2.16. The summed E-state index contributed by atoms with van der Waals surface area (Å²) in [5.41, 5.74) is 11.0. The fourth-order valence-electron chi connectivity index (χ4n) is 1.18. The highest BCUT2D eigenvalue weighted by atomic mass is 79.9. The highest BCUT2D eigenvalue weighted by Crippen LogP contribution is 1.97. The first-order valence-electron chi connectivity index (χ1n) is 4.19. The van der Waals surface area contributed by atoms with Crippen molar-refractivity contribution >= 4 is 11.8 Å². The predicted octanol–water partition coefficient (Wildman–Crippen LogP) is -3.80. The van der Waals surface area contributed by atoms with Gasteiger partial charge >= 0.3 is 5.91 Å². The van der Waals surface area contributed by atoms with Crippen LogP contribution in [0.1, 0.15) is 27.8 Å². The molecule has 4 N–H and O–H groups in total. The molecular formula is C9H12BrN3O2. The van der Waals surface area contributed by atoms with E-state index in [9.17, 15) is 9.59 Å². The van der Waals surface area contributed by atoms with Crippen molar-refractivity contribution in [1.29, 1.82) is 0 Å². The van der Waals surface area contributed by atoms with Crippen molar-refractivity contribution in [3.05, 3.63) is 29.6 Å². The summed E-state index contributed by atoms with van der Waals surface area (Å²) in [6.45, 7) is 2.40. The Morgan fingerprint density at radius 1 is 1.27 bits per heavy atom. The van der Waals surface area contributed by atoms with Crippen molar-refractivity contribution in [3.63, 3.8) is 0 Å². The molecule has 0 unspecified atom stereocenters. The molecule has 5 nitrogen and oxygen atoms in total. The Morgan fingerprint density at radius 3 is 2.27 bits per heavy atom. The zero-order chi connectivity index (χ0) is 10.7. The van der Waals surface area contributed by atoms with Gasteiger partial charge in [-0.25, -0.2) is 0 Å². The number of carbonyl (C=O) groups excluding carboxylic acids is 2. The Hall–Kier alpha value is -1.43. The third-order valence-electron chi connectivity index (χ3n) is 1.90. The molecule has 0 aliphatic heterocycles. The number of aromatic nitrogens is 1. The summed E-state index contributed by atoms with van der Waals surface area (Å²) in [4.78, 5) is 21.8. The molecule has 1 heterocycles. The van der Waals surface area contributed by atoms with Crippen LogP contribution in [0, 0.1) is 0 Å². The molecule has 0 atom stereocenters. The van der Waals surface area contributed by atoms with Gasteiger partial charge in [0.05, 0.1) is 0 Å². The summed E-state index contributed by atoms with van der Waals surface area (Å²) >= 11 is 0. The summed E-state index contributed by atoms with van der Waals surface area (Å²) < 4.78 is 1.59. The van der Waals surface area contributed by atoms with Crippen molar-refractivity contribution in [1.82, 2.24) is 0 Å². The molecule has 1 rings (SSSR count). The average Bonchev–Trinajstić information content (AvgIpc) is 2.16. The van der Waals surface area contributed by atoms with Gasteiger partial charge in [-0.05, 0) is 13.0 Å². The molecule has 1 aromatic heterocycles. The lowest BCUT2D eigenvalue weighted by molar-refractivity contribution is -0.695. The maximum Gasteiger partial charge on any atom is 0.313 e. The first-order valence-corrected chi connectivity index (χ1v) is 4.19. The molecule has 1 aromatic rings. The van der Waals surface area contributed by atoms with Gasteiger partial charge in [0, 0.05) is 6.07 Å². The Morgan fingerprint density at radius 2 is 1.87 bits per heavy atom. The van der Waals surface area contributed by atoms with Crippen LogP contribution in [0.15, 0.2) is 18.3 Å². The van der Waals surface area contributed by atoms with Crippen LogP contribution in [0.25, 0.3) is 0 Å². The van der Waals surface area contributed by atoms with E-state index in [1.165, 1.54) is 18.3 Å². The number of carbonyl (C=O) groups is 2. The second-order valence-corrected chi connectivity index (χ2v) is 2.82. The van der Waals surface area contributed by atoms with E-state index in [2.05, 4.69) is 0 Å². The number of halogens is 1. The molecule has 0 spiro atoms. The van der Waals surface area contributed by atoms with Gasteiger partial charge in [-0.15, -0.1) is 0 Å². The third kappa shape index (κ3) is 3.02. The molecule has 0 fully saturated rings. The second-order valence-electron chi connectivity index (χ2n) is 2.82. The van der Waals surface area contributed by atoms with Crippen LogP contribution >= 0.6 is 0 Å². The first-order chi connectivity index (χ1) is 6.56. The zero-order valence-electron chi connectivity index (χ0n) is 8.24. The van der Waals surface area contributed by atoms with Gasteiger partial charge in [-0.2, -0.15) is 4.57 Å². The zero-order valence-corrected chi connectivity index (χ0v) is 9.82. The third-order valence-corrected chi connectivity index (χ3v) is 1.90. The number of hydrogen-bond acceptors (Lipinski definition) is 2. The lowest BCUT2D eigenvalue weighted by atomic mass is 10.2. The molecule has 0 aromatic carbocycles. The average molecular weight is 274 g/mol. The molecule has 0 aliphatic rings. The summed E-state index contributed by atoms with van der Waals surface area (Å²) in [6, 6.07) is 2.97. The molecule has 0 radical (unpaired) electrons. The number of primary amides is 2. The van der Waals surface area contributed by atoms with Gasteiger partial charge in [0.1, 0.15) is 12.1 Å². The van der Waals surface area contributed by atoms with E-state index in [0.717, 1.165) is 0 Å². The number of hydrogen-bond donors (Lipinski definition) is 2.